The molecule has 2 aromatic rings. The maximum absolute atomic E-state index is 12.5. The fourth-order valence-electron chi connectivity index (χ4n) is 2.25. The lowest BCUT2D eigenvalue weighted by Gasteiger charge is -2.16. The summed E-state index contributed by atoms with van der Waals surface area (Å²) < 4.78 is 1.90. The highest BCUT2D eigenvalue weighted by molar-refractivity contribution is 5.98. The Hall–Kier alpha value is -2.10. The molecule has 1 heterocycles. The minimum absolute atomic E-state index is 0.187. The van der Waals surface area contributed by atoms with Crippen molar-refractivity contribution in [2.75, 3.05) is 14.1 Å². The monoisotopic (exact) mass is 258 g/mol. The number of amides is 1. The third kappa shape index (κ3) is 2.03. The molecule has 1 aromatic carbocycles. The first-order chi connectivity index (χ1) is 8.84. The molecule has 0 fully saturated rings. The molecule has 0 bridgehead atoms. The van der Waals surface area contributed by atoms with Crippen molar-refractivity contribution in [3.8, 4) is 0 Å². The van der Waals surface area contributed by atoms with Crippen LogP contribution in [0.2, 0.25) is 0 Å². The van der Waals surface area contributed by atoms with Gasteiger partial charge in [-0.2, -0.15) is 0 Å². The quantitative estimate of drug-likeness (QED) is 0.783. The summed E-state index contributed by atoms with van der Waals surface area (Å²) in [6.45, 7) is 3.74. The third-order valence-electron chi connectivity index (χ3n) is 3.47. The van der Waals surface area contributed by atoms with Gasteiger partial charge in [0.05, 0.1) is 5.52 Å². The van der Waals surface area contributed by atoms with Crippen molar-refractivity contribution < 1.29 is 4.79 Å². The molecule has 2 rings (SSSR count). The second-order valence-electron chi connectivity index (χ2n) is 5.07. The summed E-state index contributed by atoms with van der Waals surface area (Å²) in [7, 11) is 5.18. The van der Waals surface area contributed by atoms with Crippen LogP contribution < -0.4 is 5.43 Å². The molecule has 0 aliphatic rings. The lowest BCUT2D eigenvalue weighted by atomic mass is 10.1. The maximum atomic E-state index is 12.5. The van der Waals surface area contributed by atoms with Gasteiger partial charge in [-0.15, -0.1) is 0 Å². The van der Waals surface area contributed by atoms with Crippen LogP contribution in [0.25, 0.3) is 10.9 Å². The highest BCUT2D eigenvalue weighted by Crippen LogP contribution is 2.16. The fraction of sp³-hybridized carbons (Fsp3) is 0.333. The third-order valence-corrected chi connectivity index (χ3v) is 3.47. The van der Waals surface area contributed by atoms with Gasteiger partial charge in [0.15, 0.2) is 0 Å². The van der Waals surface area contributed by atoms with Gasteiger partial charge in [0.25, 0.3) is 5.91 Å². The average molecular weight is 258 g/mol. The van der Waals surface area contributed by atoms with E-state index in [1.54, 1.807) is 21.0 Å². The van der Waals surface area contributed by atoms with E-state index in [1.807, 2.05) is 36.7 Å². The molecule has 100 valence electrons. The van der Waals surface area contributed by atoms with Crippen molar-refractivity contribution in [3.05, 3.63) is 45.2 Å². The van der Waals surface area contributed by atoms with Crippen LogP contribution in [0.4, 0.5) is 0 Å². The van der Waals surface area contributed by atoms with E-state index in [1.165, 1.54) is 4.90 Å². The van der Waals surface area contributed by atoms with Crippen LogP contribution >= 0.6 is 0 Å². The molecule has 0 unspecified atom stereocenters. The first-order valence-electron chi connectivity index (χ1n) is 6.16. The van der Waals surface area contributed by atoms with Gasteiger partial charge in [0.1, 0.15) is 5.56 Å². The zero-order chi connectivity index (χ0) is 14.3. The van der Waals surface area contributed by atoms with E-state index in [0.717, 1.165) is 11.1 Å². The van der Waals surface area contributed by atoms with Crippen LogP contribution in [0.5, 0.6) is 0 Å². The van der Waals surface area contributed by atoms with Gasteiger partial charge < -0.3 is 9.47 Å². The summed E-state index contributed by atoms with van der Waals surface area (Å²) in [5.74, 6) is -0.249. The second-order valence-corrected chi connectivity index (χ2v) is 5.07. The molecule has 0 spiro atoms. The number of nitrogens with zero attached hydrogens (tertiary/aromatic N) is 2. The Balaban J connectivity index is 2.94. The highest BCUT2D eigenvalue weighted by atomic mass is 16.2. The second kappa shape index (κ2) is 4.53. The van der Waals surface area contributed by atoms with E-state index in [0.29, 0.717) is 11.1 Å². The standard InChI is InChI=1S/C15H18N2O2/c1-9-6-7-12-11(8-9)14(18)13(10(2)17(12)5)15(19)16(3)4/h6-8H,1-5H3. The zero-order valence-electron chi connectivity index (χ0n) is 11.9. The van der Waals surface area contributed by atoms with Crippen LogP contribution in [0.1, 0.15) is 21.6 Å². The Morgan fingerprint density at radius 2 is 1.84 bits per heavy atom. The van der Waals surface area contributed by atoms with E-state index in [2.05, 4.69) is 0 Å². The summed E-state index contributed by atoms with van der Waals surface area (Å²) in [6.07, 6.45) is 0. The maximum Gasteiger partial charge on any atom is 0.259 e. The van der Waals surface area contributed by atoms with E-state index in [9.17, 15) is 9.59 Å². The molecule has 0 N–H and O–H groups in total. The number of hydrogen-bond donors (Lipinski definition) is 0. The van der Waals surface area contributed by atoms with Gasteiger partial charge in [-0.1, -0.05) is 11.6 Å². The van der Waals surface area contributed by atoms with Gasteiger partial charge in [0.2, 0.25) is 5.43 Å². The van der Waals surface area contributed by atoms with Gasteiger partial charge >= 0.3 is 0 Å². The van der Waals surface area contributed by atoms with E-state index < -0.39 is 0 Å². The van der Waals surface area contributed by atoms with Crippen molar-refractivity contribution >= 4 is 16.8 Å². The van der Waals surface area contributed by atoms with Crippen molar-refractivity contribution in [2.24, 2.45) is 7.05 Å². The van der Waals surface area contributed by atoms with Gasteiger partial charge in [-0.05, 0) is 26.0 Å². The number of carbonyl (C=O) groups is 1. The molecule has 1 aromatic heterocycles. The van der Waals surface area contributed by atoms with E-state index in [-0.39, 0.29) is 16.9 Å². The number of aryl methyl sites for hydroxylation is 2. The number of carbonyl (C=O) groups excluding carboxylic acids is 1. The van der Waals surface area contributed by atoms with Crippen LogP contribution in [-0.2, 0) is 7.05 Å². The predicted octanol–water partition coefficient (Wildman–Crippen LogP) is 1.86. The zero-order valence-corrected chi connectivity index (χ0v) is 11.9. The normalized spacial score (nSPS) is 10.8. The number of hydrogen-bond acceptors (Lipinski definition) is 2. The Labute approximate surface area is 112 Å². The van der Waals surface area contributed by atoms with Crippen molar-refractivity contribution in [1.82, 2.24) is 9.47 Å². The van der Waals surface area contributed by atoms with Gasteiger partial charge in [-0.3, -0.25) is 9.59 Å². The van der Waals surface area contributed by atoms with Crippen molar-refractivity contribution in [2.45, 2.75) is 13.8 Å². The number of benzene rings is 1. The molecule has 0 aliphatic heterocycles. The molecule has 0 saturated carbocycles. The molecule has 0 saturated heterocycles. The Morgan fingerprint density at radius 3 is 2.42 bits per heavy atom. The summed E-state index contributed by atoms with van der Waals surface area (Å²) in [6, 6.07) is 5.72. The summed E-state index contributed by atoms with van der Waals surface area (Å²) >= 11 is 0. The Kier molecular flexibility index (Phi) is 3.18. The Bertz CT molecular complexity index is 727. The SMILES string of the molecule is Cc1ccc2c(c1)c(=O)c(C(=O)N(C)C)c(C)n2C. The lowest BCUT2D eigenvalue weighted by molar-refractivity contribution is 0.0825. The van der Waals surface area contributed by atoms with Crippen molar-refractivity contribution in [3.63, 3.8) is 0 Å². The first-order valence-corrected chi connectivity index (χ1v) is 6.16. The molecule has 4 nitrogen and oxygen atoms in total. The minimum atomic E-state index is -0.249. The number of fused-ring (bicyclic) bond motifs is 1. The molecule has 19 heavy (non-hydrogen) atoms. The topological polar surface area (TPSA) is 42.3 Å². The smallest absolute Gasteiger partial charge is 0.259 e. The van der Waals surface area contributed by atoms with Crippen LogP contribution in [-0.4, -0.2) is 29.5 Å². The van der Waals surface area contributed by atoms with Crippen LogP contribution in [0.15, 0.2) is 23.0 Å². The van der Waals surface area contributed by atoms with Gasteiger partial charge in [-0.25, -0.2) is 0 Å². The Morgan fingerprint density at radius 1 is 1.21 bits per heavy atom. The highest BCUT2D eigenvalue weighted by Gasteiger charge is 2.19. The van der Waals surface area contributed by atoms with E-state index >= 15 is 0 Å². The lowest BCUT2D eigenvalue weighted by Crippen LogP contribution is -2.30. The fourth-order valence-corrected chi connectivity index (χ4v) is 2.25. The summed E-state index contributed by atoms with van der Waals surface area (Å²) in [5, 5.41) is 0.596. The number of rotatable bonds is 1. The minimum Gasteiger partial charge on any atom is -0.347 e. The molecule has 0 atom stereocenters. The molecule has 0 radical (unpaired) electrons. The largest absolute Gasteiger partial charge is 0.347 e. The van der Waals surface area contributed by atoms with E-state index in [4.69, 9.17) is 0 Å². The van der Waals surface area contributed by atoms with Crippen molar-refractivity contribution in [1.29, 1.82) is 0 Å². The molecule has 0 aliphatic carbocycles. The molecular formula is C15H18N2O2. The molecular weight excluding hydrogens is 240 g/mol. The molecule has 4 heteroatoms. The van der Waals surface area contributed by atoms with Gasteiger partial charge in [0, 0.05) is 32.2 Å². The summed E-state index contributed by atoms with van der Waals surface area (Å²) in [5.41, 5.74) is 2.62. The number of aromatic nitrogens is 1. The predicted molar refractivity (Wildman–Crippen MR) is 76.7 cm³/mol. The average Bonchev–Trinajstić information content (AvgIpc) is 2.36. The summed E-state index contributed by atoms with van der Waals surface area (Å²) in [4.78, 5) is 26.2. The molecule has 1 amide bonds. The van der Waals surface area contributed by atoms with Crippen LogP contribution in [0.3, 0.4) is 0 Å². The van der Waals surface area contributed by atoms with Crippen LogP contribution in [0, 0.1) is 13.8 Å². The first kappa shape index (κ1) is 13.3. The number of pyridine rings is 1.